The van der Waals surface area contributed by atoms with E-state index >= 15 is 0 Å². The number of ether oxygens (including phenoxy) is 3. The fourth-order valence-electron chi connectivity index (χ4n) is 1.51. The summed E-state index contributed by atoms with van der Waals surface area (Å²) < 4.78 is 14.0. The minimum absolute atomic E-state index is 0.00605. The number of carbonyl (C=O) groups excluding carboxylic acids is 4. The molecule has 0 aromatic heterocycles. The first-order valence-corrected chi connectivity index (χ1v) is 6.44. The van der Waals surface area contributed by atoms with Crippen LogP contribution in [0, 0.1) is 11.8 Å². The lowest BCUT2D eigenvalue weighted by Gasteiger charge is -2.19. The molecule has 0 rings (SSSR count). The number of Topliss-reactive ketones (excluding diaryl/α,β-unsaturated/α-hetero) is 1. The zero-order chi connectivity index (χ0) is 15.7. The second kappa shape index (κ2) is 9.06. The van der Waals surface area contributed by atoms with Crippen molar-refractivity contribution < 1.29 is 33.4 Å². The molecule has 0 aromatic rings. The Kier molecular flexibility index (Phi) is 8.19. The maximum absolute atomic E-state index is 11.9. The molecule has 0 spiro atoms. The first kappa shape index (κ1) is 18.1. The van der Waals surface area contributed by atoms with Crippen LogP contribution in [0.5, 0.6) is 0 Å². The van der Waals surface area contributed by atoms with E-state index < -0.39 is 35.5 Å². The molecule has 0 aliphatic heterocycles. The normalized spacial score (nSPS) is 13.0. The monoisotopic (exact) mass is 288 g/mol. The van der Waals surface area contributed by atoms with E-state index in [-0.39, 0.29) is 19.8 Å². The van der Waals surface area contributed by atoms with E-state index in [1.54, 1.807) is 13.8 Å². The molecule has 0 unspecified atom stereocenters. The highest BCUT2D eigenvalue weighted by molar-refractivity contribution is 6.38. The highest BCUT2D eigenvalue weighted by atomic mass is 16.5. The van der Waals surface area contributed by atoms with Gasteiger partial charge in [-0.3, -0.25) is 14.4 Å². The van der Waals surface area contributed by atoms with Crippen molar-refractivity contribution in [2.24, 2.45) is 11.8 Å². The lowest BCUT2D eigenvalue weighted by Crippen LogP contribution is -2.40. The first-order chi connectivity index (χ1) is 9.40. The van der Waals surface area contributed by atoms with Gasteiger partial charge in [0.15, 0.2) is 0 Å². The Bertz CT molecular complexity index is 375. The molecule has 0 bridgehead atoms. The van der Waals surface area contributed by atoms with Crippen LogP contribution >= 0.6 is 0 Å². The van der Waals surface area contributed by atoms with Crippen molar-refractivity contribution in [1.29, 1.82) is 0 Å². The second-order valence-electron chi connectivity index (χ2n) is 3.86. The summed E-state index contributed by atoms with van der Waals surface area (Å²) in [7, 11) is 0. The van der Waals surface area contributed by atoms with Crippen LogP contribution in [-0.4, -0.2) is 43.5 Å². The molecule has 0 N–H and O–H groups in total. The van der Waals surface area contributed by atoms with Gasteiger partial charge in [-0.1, -0.05) is 6.92 Å². The molecule has 0 amide bonds. The molecule has 2 atom stereocenters. The van der Waals surface area contributed by atoms with Crippen molar-refractivity contribution in [1.82, 2.24) is 0 Å². The number of rotatable bonds is 8. The summed E-state index contributed by atoms with van der Waals surface area (Å²) in [6, 6.07) is 0. The average Bonchev–Trinajstić information content (AvgIpc) is 2.39. The molecule has 0 saturated carbocycles. The number of carbonyl (C=O) groups is 4. The van der Waals surface area contributed by atoms with Gasteiger partial charge in [-0.15, -0.1) is 0 Å². The van der Waals surface area contributed by atoms with E-state index in [1.807, 2.05) is 0 Å². The van der Waals surface area contributed by atoms with Crippen molar-refractivity contribution in [2.75, 3.05) is 19.8 Å². The summed E-state index contributed by atoms with van der Waals surface area (Å²) >= 11 is 0. The third kappa shape index (κ3) is 4.99. The topological polar surface area (TPSA) is 96.0 Å². The molecule has 20 heavy (non-hydrogen) atoms. The Morgan fingerprint density at radius 1 is 0.800 bits per heavy atom. The molecular weight excluding hydrogens is 268 g/mol. The number of esters is 3. The van der Waals surface area contributed by atoms with E-state index in [0.29, 0.717) is 0 Å². The third-order valence-electron chi connectivity index (χ3n) is 2.46. The Labute approximate surface area is 117 Å². The van der Waals surface area contributed by atoms with Gasteiger partial charge in [0.05, 0.1) is 25.7 Å². The SMILES string of the molecule is CCOC(=O)C(=O)[C@H](C(=O)OCC)[C@H](C)C(=O)OCC. The average molecular weight is 288 g/mol. The van der Waals surface area contributed by atoms with E-state index in [2.05, 4.69) is 4.74 Å². The Hall–Kier alpha value is -1.92. The Morgan fingerprint density at radius 3 is 1.70 bits per heavy atom. The summed E-state index contributed by atoms with van der Waals surface area (Å²) in [6.45, 7) is 6.13. The quantitative estimate of drug-likeness (QED) is 0.277. The van der Waals surface area contributed by atoms with E-state index in [1.165, 1.54) is 13.8 Å². The number of hydrogen-bond acceptors (Lipinski definition) is 7. The van der Waals surface area contributed by atoms with E-state index in [9.17, 15) is 19.2 Å². The highest BCUT2D eigenvalue weighted by Crippen LogP contribution is 2.18. The zero-order valence-corrected chi connectivity index (χ0v) is 12.1. The maximum atomic E-state index is 11.9. The van der Waals surface area contributed by atoms with Crippen LogP contribution in [0.25, 0.3) is 0 Å². The summed E-state index contributed by atoms with van der Waals surface area (Å²) in [5.41, 5.74) is 0. The maximum Gasteiger partial charge on any atom is 0.375 e. The standard InChI is InChI=1S/C13H20O7/c1-5-18-11(15)8(4)9(12(16)19-6-2)10(14)13(17)20-7-3/h8-9H,5-7H2,1-4H3/t8-,9+/m0/s1. The van der Waals surface area contributed by atoms with Gasteiger partial charge >= 0.3 is 17.9 Å². The molecule has 7 nitrogen and oxygen atoms in total. The molecule has 0 aliphatic carbocycles. The van der Waals surface area contributed by atoms with Crippen LogP contribution in [-0.2, 0) is 33.4 Å². The summed E-state index contributed by atoms with van der Waals surface area (Å²) in [6.07, 6.45) is 0. The molecular formula is C13H20O7. The largest absolute Gasteiger partial charge is 0.466 e. The lowest BCUT2D eigenvalue weighted by atomic mass is 9.90. The Morgan fingerprint density at radius 2 is 1.25 bits per heavy atom. The van der Waals surface area contributed by atoms with Gasteiger partial charge in [0.25, 0.3) is 5.78 Å². The molecule has 0 radical (unpaired) electrons. The summed E-state index contributed by atoms with van der Waals surface area (Å²) in [4.78, 5) is 46.8. The van der Waals surface area contributed by atoms with E-state index in [0.717, 1.165) is 0 Å². The van der Waals surface area contributed by atoms with E-state index in [4.69, 9.17) is 9.47 Å². The van der Waals surface area contributed by atoms with Gasteiger partial charge in [-0.05, 0) is 20.8 Å². The van der Waals surface area contributed by atoms with Crippen LogP contribution in [0.1, 0.15) is 27.7 Å². The number of ketones is 1. The van der Waals surface area contributed by atoms with Crippen LogP contribution in [0.2, 0.25) is 0 Å². The minimum Gasteiger partial charge on any atom is -0.466 e. The minimum atomic E-state index is -1.55. The van der Waals surface area contributed by atoms with Gasteiger partial charge in [0, 0.05) is 0 Å². The van der Waals surface area contributed by atoms with Crippen molar-refractivity contribution >= 4 is 23.7 Å². The number of hydrogen-bond donors (Lipinski definition) is 0. The van der Waals surface area contributed by atoms with Crippen LogP contribution < -0.4 is 0 Å². The highest BCUT2D eigenvalue weighted by Gasteiger charge is 2.42. The van der Waals surface area contributed by atoms with Gasteiger partial charge in [-0.2, -0.15) is 0 Å². The van der Waals surface area contributed by atoms with Gasteiger partial charge < -0.3 is 14.2 Å². The predicted octanol–water partition coefficient (Wildman–Crippen LogP) is 0.497. The second-order valence-corrected chi connectivity index (χ2v) is 3.86. The van der Waals surface area contributed by atoms with Crippen LogP contribution in [0.3, 0.4) is 0 Å². The molecule has 0 fully saturated rings. The van der Waals surface area contributed by atoms with Crippen molar-refractivity contribution in [3.05, 3.63) is 0 Å². The van der Waals surface area contributed by atoms with Crippen molar-refractivity contribution in [2.45, 2.75) is 27.7 Å². The van der Waals surface area contributed by atoms with Crippen LogP contribution in [0.15, 0.2) is 0 Å². The molecule has 7 heteroatoms. The van der Waals surface area contributed by atoms with Gasteiger partial charge in [0.2, 0.25) is 0 Å². The Balaban J connectivity index is 5.17. The van der Waals surface area contributed by atoms with Crippen molar-refractivity contribution in [3.8, 4) is 0 Å². The molecule has 0 heterocycles. The van der Waals surface area contributed by atoms with Crippen LogP contribution in [0.4, 0.5) is 0 Å². The third-order valence-corrected chi connectivity index (χ3v) is 2.46. The molecule has 0 aromatic carbocycles. The zero-order valence-electron chi connectivity index (χ0n) is 12.1. The van der Waals surface area contributed by atoms with Crippen molar-refractivity contribution in [3.63, 3.8) is 0 Å². The molecule has 0 saturated heterocycles. The van der Waals surface area contributed by atoms with Gasteiger partial charge in [-0.25, -0.2) is 4.79 Å². The summed E-state index contributed by atoms with van der Waals surface area (Å²) in [5, 5.41) is 0. The van der Waals surface area contributed by atoms with Gasteiger partial charge in [0.1, 0.15) is 5.92 Å². The summed E-state index contributed by atoms with van der Waals surface area (Å²) in [5.74, 6) is -6.62. The molecule has 114 valence electrons. The fourth-order valence-corrected chi connectivity index (χ4v) is 1.51. The predicted molar refractivity (Wildman–Crippen MR) is 67.6 cm³/mol. The fraction of sp³-hybridized carbons (Fsp3) is 0.692. The lowest BCUT2D eigenvalue weighted by molar-refractivity contribution is -0.168. The first-order valence-electron chi connectivity index (χ1n) is 6.44. The molecule has 0 aliphatic rings. The smallest absolute Gasteiger partial charge is 0.375 e.